The first kappa shape index (κ1) is 22.2. The number of carbonyl (C=O) groups excluding carboxylic acids is 1. The Kier molecular flexibility index (Phi) is 6.70. The molecule has 0 spiro atoms. The molecule has 1 unspecified atom stereocenters. The number of hydrogen-bond acceptors (Lipinski definition) is 7. The molecule has 0 bridgehead atoms. The largest absolute Gasteiger partial charge is 0.466 e. The number of carbonyl (C=O) groups is 1. The number of sulfone groups is 2. The van der Waals surface area contributed by atoms with Gasteiger partial charge in [0.1, 0.15) is 0 Å². The van der Waals surface area contributed by atoms with Crippen molar-refractivity contribution in [3.63, 3.8) is 0 Å². The first-order valence-corrected chi connectivity index (χ1v) is 13.5. The highest BCUT2D eigenvalue weighted by Gasteiger charge is 2.49. The Bertz CT molecular complexity index is 940. The van der Waals surface area contributed by atoms with E-state index >= 15 is 0 Å². The molecular weight excluding hydrogens is 414 g/mol. The maximum Gasteiger partial charge on any atom is 0.310 e. The Hall–Kier alpha value is -1.45. The van der Waals surface area contributed by atoms with Crippen molar-refractivity contribution in [1.29, 1.82) is 0 Å². The standard InChI is InChI=1S/C20H29NO6S2/c1-3-15-7-9-17(10-8-15)29(25,26)19-14-28(23,24)13-18(19)21-11-5-6-16(12-21)20(22)27-4-2/h7-10,16,18-19H,3-6,11-14H2,1-2H3/t16?,18-,19-/m0/s1. The lowest BCUT2D eigenvalue weighted by Gasteiger charge is -2.37. The SMILES string of the molecule is CCOC(=O)C1CCCN([C@H]2CS(=O)(=O)C[C@@H]2S(=O)(=O)c2ccc(CC)cc2)C1. The number of rotatable bonds is 6. The minimum atomic E-state index is -3.82. The van der Waals surface area contributed by atoms with Crippen molar-refractivity contribution in [3.05, 3.63) is 29.8 Å². The lowest BCUT2D eigenvalue weighted by molar-refractivity contribution is -0.150. The Morgan fingerprint density at radius 3 is 2.48 bits per heavy atom. The molecule has 1 aromatic carbocycles. The molecule has 0 N–H and O–H groups in total. The van der Waals surface area contributed by atoms with Gasteiger partial charge in [0.15, 0.2) is 19.7 Å². The van der Waals surface area contributed by atoms with E-state index in [4.69, 9.17) is 4.74 Å². The zero-order chi connectivity index (χ0) is 21.2. The van der Waals surface area contributed by atoms with Crippen LogP contribution in [0.15, 0.2) is 29.2 Å². The van der Waals surface area contributed by atoms with Crippen molar-refractivity contribution >= 4 is 25.6 Å². The van der Waals surface area contributed by atoms with Gasteiger partial charge in [0.2, 0.25) is 0 Å². The highest BCUT2D eigenvalue weighted by molar-refractivity contribution is 7.96. The number of likely N-dealkylation sites (tertiary alicyclic amines) is 1. The average molecular weight is 444 g/mol. The van der Waals surface area contributed by atoms with Gasteiger partial charge in [-0.25, -0.2) is 16.8 Å². The monoisotopic (exact) mass is 443 g/mol. The predicted molar refractivity (Wildman–Crippen MR) is 110 cm³/mol. The molecule has 0 amide bonds. The first-order chi connectivity index (χ1) is 13.7. The molecule has 9 heteroatoms. The van der Waals surface area contributed by atoms with E-state index in [0.717, 1.165) is 12.0 Å². The van der Waals surface area contributed by atoms with Gasteiger partial charge in [0.25, 0.3) is 0 Å². The summed E-state index contributed by atoms with van der Waals surface area (Å²) in [6, 6.07) is 6.02. The van der Waals surface area contributed by atoms with E-state index in [0.29, 0.717) is 25.9 Å². The van der Waals surface area contributed by atoms with Gasteiger partial charge in [0.05, 0.1) is 34.2 Å². The molecule has 2 aliphatic rings. The number of ether oxygens (including phenoxy) is 1. The lowest BCUT2D eigenvalue weighted by Crippen LogP contribution is -2.51. The fourth-order valence-electron chi connectivity index (χ4n) is 4.28. The molecule has 1 aromatic rings. The van der Waals surface area contributed by atoms with Crippen LogP contribution in [0.5, 0.6) is 0 Å². The summed E-state index contributed by atoms with van der Waals surface area (Å²) >= 11 is 0. The number of esters is 1. The van der Waals surface area contributed by atoms with Crippen LogP contribution in [0, 0.1) is 5.92 Å². The number of piperidine rings is 1. The lowest BCUT2D eigenvalue weighted by atomic mass is 9.96. The summed E-state index contributed by atoms with van der Waals surface area (Å²) < 4.78 is 56.6. The summed E-state index contributed by atoms with van der Waals surface area (Å²) in [6.07, 6.45) is 2.17. The molecule has 29 heavy (non-hydrogen) atoms. The molecular formula is C20H29NO6S2. The van der Waals surface area contributed by atoms with Crippen molar-refractivity contribution in [2.75, 3.05) is 31.2 Å². The molecule has 2 saturated heterocycles. The Morgan fingerprint density at radius 1 is 1.17 bits per heavy atom. The molecule has 0 saturated carbocycles. The highest BCUT2D eigenvalue weighted by atomic mass is 32.2. The van der Waals surface area contributed by atoms with Gasteiger partial charge >= 0.3 is 5.97 Å². The van der Waals surface area contributed by atoms with Gasteiger partial charge < -0.3 is 4.74 Å². The van der Waals surface area contributed by atoms with Crippen molar-refractivity contribution in [1.82, 2.24) is 4.90 Å². The third-order valence-corrected chi connectivity index (χ3v) is 10.0. The van der Waals surface area contributed by atoms with E-state index in [1.54, 1.807) is 31.2 Å². The molecule has 2 heterocycles. The Balaban J connectivity index is 1.87. The summed E-state index contributed by atoms with van der Waals surface area (Å²) in [5.74, 6) is -1.22. The van der Waals surface area contributed by atoms with Crippen LogP contribution in [0.1, 0.15) is 32.3 Å². The molecule has 3 rings (SSSR count). The summed E-state index contributed by atoms with van der Waals surface area (Å²) in [6.45, 7) is 4.93. The summed E-state index contributed by atoms with van der Waals surface area (Å²) in [5.41, 5.74) is 1.02. The molecule has 7 nitrogen and oxygen atoms in total. The van der Waals surface area contributed by atoms with Gasteiger partial charge in [-0.1, -0.05) is 19.1 Å². The van der Waals surface area contributed by atoms with Gasteiger partial charge in [-0.2, -0.15) is 0 Å². The number of hydrogen-bond donors (Lipinski definition) is 0. The highest BCUT2D eigenvalue weighted by Crippen LogP contribution is 2.32. The fourth-order valence-corrected chi connectivity index (χ4v) is 9.11. The minimum Gasteiger partial charge on any atom is -0.466 e. The van der Waals surface area contributed by atoms with Crippen molar-refractivity contribution in [3.8, 4) is 0 Å². The van der Waals surface area contributed by atoms with Crippen molar-refractivity contribution in [2.24, 2.45) is 5.92 Å². The second-order valence-electron chi connectivity index (χ2n) is 7.81. The van der Waals surface area contributed by atoms with Crippen LogP contribution in [-0.4, -0.2) is 70.2 Å². The van der Waals surface area contributed by atoms with Crippen LogP contribution in [0.3, 0.4) is 0 Å². The van der Waals surface area contributed by atoms with Crippen LogP contribution in [-0.2, 0) is 35.6 Å². The van der Waals surface area contributed by atoms with Crippen molar-refractivity contribution in [2.45, 2.75) is 49.3 Å². The van der Waals surface area contributed by atoms with Gasteiger partial charge in [-0.05, 0) is 50.4 Å². The topological polar surface area (TPSA) is 97.8 Å². The average Bonchev–Trinajstić information content (AvgIpc) is 3.05. The first-order valence-electron chi connectivity index (χ1n) is 10.1. The summed E-state index contributed by atoms with van der Waals surface area (Å²) in [5, 5.41) is -1.03. The van der Waals surface area contributed by atoms with E-state index in [9.17, 15) is 21.6 Å². The van der Waals surface area contributed by atoms with E-state index in [1.807, 2.05) is 11.8 Å². The summed E-state index contributed by atoms with van der Waals surface area (Å²) in [7, 11) is -7.30. The smallest absolute Gasteiger partial charge is 0.310 e. The number of nitrogens with zero attached hydrogens (tertiary/aromatic N) is 1. The molecule has 2 fully saturated rings. The zero-order valence-corrected chi connectivity index (χ0v) is 18.5. The zero-order valence-electron chi connectivity index (χ0n) is 16.9. The maximum absolute atomic E-state index is 13.3. The molecule has 3 atom stereocenters. The third-order valence-electron chi connectivity index (χ3n) is 5.87. The third kappa shape index (κ3) is 4.83. The van der Waals surface area contributed by atoms with Gasteiger partial charge in [-0.3, -0.25) is 9.69 Å². The van der Waals surface area contributed by atoms with Gasteiger partial charge in [0, 0.05) is 12.6 Å². The van der Waals surface area contributed by atoms with Crippen molar-refractivity contribution < 1.29 is 26.4 Å². The second-order valence-corrected chi connectivity index (χ2v) is 12.1. The minimum absolute atomic E-state index is 0.153. The predicted octanol–water partition coefficient (Wildman–Crippen LogP) is 1.46. The van der Waals surface area contributed by atoms with Crippen LogP contribution in [0.2, 0.25) is 0 Å². The molecule has 0 aliphatic carbocycles. The Labute approximate surface area is 173 Å². The van der Waals surface area contributed by atoms with Crippen LogP contribution >= 0.6 is 0 Å². The molecule has 2 aliphatic heterocycles. The quantitative estimate of drug-likeness (QED) is 0.614. The van der Waals surface area contributed by atoms with E-state index in [-0.39, 0.29) is 34.9 Å². The molecule has 0 radical (unpaired) electrons. The molecule has 0 aromatic heterocycles. The van der Waals surface area contributed by atoms with E-state index in [1.165, 1.54) is 0 Å². The molecule has 162 valence electrons. The summed E-state index contributed by atoms with van der Waals surface area (Å²) in [4.78, 5) is 14.2. The van der Waals surface area contributed by atoms with Crippen LogP contribution < -0.4 is 0 Å². The van der Waals surface area contributed by atoms with Gasteiger partial charge in [-0.15, -0.1) is 0 Å². The normalized spacial score (nSPS) is 27.6. The van der Waals surface area contributed by atoms with Crippen LogP contribution in [0.4, 0.5) is 0 Å². The second kappa shape index (κ2) is 8.73. The van der Waals surface area contributed by atoms with E-state index < -0.39 is 31.0 Å². The van der Waals surface area contributed by atoms with E-state index in [2.05, 4.69) is 0 Å². The fraction of sp³-hybridized carbons (Fsp3) is 0.650. The maximum atomic E-state index is 13.3. The number of benzene rings is 1. The number of aryl methyl sites for hydroxylation is 1. The Morgan fingerprint density at radius 2 is 1.86 bits per heavy atom. The van der Waals surface area contributed by atoms with Crippen LogP contribution in [0.25, 0.3) is 0 Å².